The molecular weight excluding hydrogens is 288 g/mol. The highest BCUT2D eigenvalue weighted by atomic mass is 32.2. The molecule has 21 heavy (non-hydrogen) atoms. The fourth-order valence-corrected chi connectivity index (χ4v) is 4.12. The zero-order valence-corrected chi connectivity index (χ0v) is 12.7. The fraction of sp³-hybridized carbons (Fsp3) is 0.533. The molecular formula is C15H20N2O3S. The van der Waals surface area contributed by atoms with Gasteiger partial charge in [-0.25, -0.2) is 0 Å². The smallest absolute Gasteiger partial charge is 0.286 e. The molecule has 0 aromatic heterocycles. The Morgan fingerprint density at radius 2 is 1.81 bits per heavy atom. The van der Waals surface area contributed by atoms with Crippen molar-refractivity contribution in [2.24, 2.45) is 10.1 Å². The second kappa shape index (κ2) is 5.42. The third kappa shape index (κ3) is 2.96. The summed E-state index contributed by atoms with van der Waals surface area (Å²) in [6, 6.07) is 6.73. The number of nitrogens with zero attached hydrogens (tertiary/aromatic N) is 1. The van der Waals surface area contributed by atoms with Gasteiger partial charge in [0.15, 0.2) is 0 Å². The summed E-state index contributed by atoms with van der Waals surface area (Å²) in [6.07, 6.45) is 6.43. The lowest BCUT2D eigenvalue weighted by Gasteiger charge is -2.27. The predicted molar refractivity (Wildman–Crippen MR) is 80.7 cm³/mol. The van der Waals surface area contributed by atoms with Crippen molar-refractivity contribution in [3.63, 3.8) is 0 Å². The van der Waals surface area contributed by atoms with Crippen LogP contribution in [0.1, 0.15) is 44.1 Å². The molecule has 0 amide bonds. The van der Waals surface area contributed by atoms with Crippen molar-refractivity contribution >= 4 is 15.9 Å². The van der Waals surface area contributed by atoms with Crippen molar-refractivity contribution in [2.75, 3.05) is 6.61 Å². The number of ether oxygens (including phenoxy) is 1. The van der Waals surface area contributed by atoms with Crippen LogP contribution in [0.15, 0.2) is 33.6 Å². The van der Waals surface area contributed by atoms with Crippen LogP contribution in [0.3, 0.4) is 0 Å². The summed E-state index contributed by atoms with van der Waals surface area (Å²) in [5.41, 5.74) is 6.56. The van der Waals surface area contributed by atoms with E-state index in [0.29, 0.717) is 12.2 Å². The largest absolute Gasteiger partial charge is 0.475 e. The molecule has 5 nitrogen and oxygen atoms in total. The van der Waals surface area contributed by atoms with Gasteiger partial charge in [-0.05, 0) is 25.0 Å². The monoisotopic (exact) mass is 308 g/mol. The molecule has 1 aromatic rings. The van der Waals surface area contributed by atoms with Crippen LogP contribution in [0.2, 0.25) is 0 Å². The zero-order chi connectivity index (χ0) is 14.9. The third-order valence-corrected chi connectivity index (χ3v) is 5.51. The Hall–Kier alpha value is -1.40. The SMILES string of the molecule is NC1(COC2=NS(=O)(=O)c3ccccc32)CCCCCC1. The Kier molecular flexibility index (Phi) is 3.75. The van der Waals surface area contributed by atoms with E-state index in [1.807, 2.05) is 0 Å². The average Bonchev–Trinajstić information content (AvgIpc) is 2.61. The molecule has 6 heteroatoms. The van der Waals surface area contributed by atoms with Crippen molar-refractivity contribution in [3.05, 3.63) is 29.8 Å². The lowest BCUT2D eigenvalue weighted by atomic mass is 9.92. The van der Waals surface area contributed by atoms with Gasteiger partial charge in [-0.15, -0.1) is 4.40 Å². The highest BCUT2D eigenvalue weighted by Crippen LogP contribution is 2.29. The van der Waals surface area contributed by atoms with Gasteiger partial charge in [-0.2, -0.15) is 8.42 Å². The number of sulfonamides is 1. The van der Waals surface area contributed by atoms with E-state index in [2.05, 4.69) is 4.40 Å². The maximum atomic E-state index is 12.0. The van der Waals surface area contributed by atoms with E-state index < -0.39 is 10.0 Å². The number of hydrogen-bond acceptors (Lipinski definition) is 4. The summed E-state index contributed by atoms with van der Waals surface area (Å²) >= 11 is 0. The summed E-state index contributed by atoms with van der Waals surface area (Å²) in [5, 5.41) is 0. The van der Waals surface area contributed by atoms with Gasteiger partial charge in [0.1, 0.15) is 11.5 Å². The second-order valence-corrected chi connectivity index (χ2v) is 7.51. The van der Waals surface area contributed by atoms with E-state index >= 15 is 0 Å². The normalized spacial score (nSPS) is 23.0. The first-order chi connectivity index (χ1) is 10.0. The highest BCUT2D eigenvalue weighted by Gasteiger charge is 2.32. The van der Waals surface area contributed by atoms with Crippen LogP contribution in [0.4, 0.5) is 0 Å². The summed E-state index contributed by atoms with van der Waals surface area (Å²) in [5.74, 6) is 0.180. The minimum atomic E-state index is -3.61. The van der Waals surface area contributed by atoms with Crippen molar-refractivity contribution in [2.45, 2.75) is 49.0 Å². The average molecular weight is 308 g/mol. The molecule has 1 aliphatic heterocycles. The summed E-state index contributed by atoms with van der Waals surface area (Å²) < 4.78 is 33.3. The molecule has 0 atom stereocenters. The van der Waals surface area contributed by atoms with Crippen molar-refractivity contribution in [3.8, 4) is 0 Å². The van der Waals surface area contributed by atoms with E-state index in [4.69, 9.17) is 10.5 Å². The quantitative estimate of drug-likeness (QED) is 0.849. The minimum Gasteiger partial charge on any atom is -0.475 e. The molecule has 3 rings (SSSR count). The van der Waals surface area contributed by atoms with Crippen LogP contribution < -0.4 is 5.73 Å². The maximum absolute atomic E-state index is 12.0. The van der Waals surface area contributed by atoms with Gasteiger partial charge in [-0.3, -0.25) is 0 Å². The van der Waals surface area contributed by atoms with Crippen LogP contribution >= 0.6 is 0 Å². The summed E-state index contributed by atoms with van der Waals surface area (Å²) in [7, 11) is -3.61. The van der Waals surface area contributed by atoms with Crippen LogP contribution in [0, 0.1) is 0 Å². The number of rotatable bonds is 2. The fourth-order valence-electron chi connectivity index (χ4n) is 2.97. The van der Waals surface area contributed by atoms with E-state index in [9.17, 15) is 8.42 Å². The van der Waals surface area contributed by atoms with Crippen molar-refractivity contribution in [1.82, 2.24) is 0 Å². The van der Waals surface area contributed by atoms with E-state index in [1.54, 1.807) is 24.3 Å². The zero-order valence-electron chi connectivity index (χ0n) is 11.9. The first-order valence-corrected chi connectivity index (χ1v) is 8.80. The van der Waals surface area contributed by atoms with Gasteiger partial charge in [-0.1, -0.05) is 37.8 Å². The molecule has 2 aliphatic rings. The van der Waals surface area contributed by atoms with Gasteiger partial charge < -0.3 is 10.5 Å². The number of fused-ring (bicyclic) bond motifs is 1. The number of benzene rings is 1. The minimum absolute atomic E-state index is 0.180. The number of hydrogen-bond donors (Lipinski definition) is 1. The van der Waals surface area contributed by atoms with Crippen LogP contribution in [-0.4, -0.2) is 26.5 Å². The predicted octanol–water partition coefficient (Wildman–Crippen LogP) is 2.20. The van der Waals surface area contributed by atoms with Gasteiger partial charge in [0.25, 0.3) is 10.0 Å². The molecule has 0 spiro atoms. The second-order valence-electron chi connectivity index (χ2n) is 5.93. The van der Waals surface area contributed by atoms with Gasteiger partial charge in [0.05, 0.1) is 11.1 Å². The molecule has 1 aliphatic carbocycles. The Labute approximate surface area is 125 Å². The molecule has 114 valence electrons. The molecule has 0 bridgehead atoms. The standard InChI is InChI=1S/C15H20N2O3S/c16-15(9-5-1-2-6-10-15)11-20-14-12-7-3-4-8-13(12)21(18,19)17-14/h3-4,7-8H,1-2,5-6,9-11,16H2. The Balaban J connectivity index is 1.77. The van der Waals surface area contributed by atoms with Gasteiger partial charge in [0.2, 0.25) is 5.90 Å². The van der Waals surface area contributed by atoms with Crippen LogP contribution in [-0.2, 0) is 14.8 Å². The van der Waals surface area contributed by atoms with E-state index in [1.165, 1.54) is 12.8 Å². The van der Waals surface area contributed by atoms with Crippen molar-refractivity contribution in [1.29, 1.82) is 0 Å². The lowest BCUT2D eigenvalue weighted by molar-refractivity contribution is 0.191. The summed E-state index contributed by atoms with van der Waals surface area (Å²) in [4.78, 5) is 0.215. The van der Waals surface area contributed by atoms with Crippen LogP contribution in [0.5, 0.6) is 0 Å². The molecule has 1 aromatic carbocycles. The molecule has 0 saturated heterocycles. The van der Waals surface area contributed by atoms with E-state index in [0.717, 1.165) is 25.7 Å². The first kappa shape index (κ1) is 14.5. The van der Waals surface area contributed by atoms with Gasteiger partial charge in [0, 0.05) is 0 Å². The molecule has 1 fully saturated rings. The summed E-state index contributed by atoms with van der Waals surface area (Å²) in [6.45, 7) is 0.315. The topological polar surface area (TPSA) is 81.8 Å². The maximum Gasteiger partial charge on any atom is 0.286 e. The first-order valence-electron chi connectivity index (χ1n) is 7.36. The number of nitrogens with two attached hydrogens (primary N) is 1. The highest BCUT2D eigenvalue weighted by molar-refractivity contribution is 7.90. The third-order valence-electron chi connectivity index (χ3n) is 4.19. The molecule has 0 radical (unpaired) electrons. The van der Waals surface area contributed by atoms with E-state index in [-0.39, 0.29) is 16.3 Å². The van der Waals surface area contributed by atoms with Crippen molar-refractivity contribution < 1.29 is 13.2 Å². The Morgan fingerprint density at radius 1 is 1.14 bits per heavy atom. The molecule has 1 saturated carbocycles. The Bertz CT molecular complexity index is 659. The Morgan fingerprint density at radius 3 is 2.52 bits per heavy atom. The molecule has 2 N–H and O–H groups in total. The van der Waals surface area contributed by atoms with Gasteiger partial charge >= 0.3 is 0 Å². The molecule has 1 heterocycles. The lowest BCUT2D eigenvalue weighted by Crippen LogP contribution is -2.44. The van der Waals surface area contributed by atoms with Crippen LogP contribution in [0.25, 0.3) is 0 Å². The molecule has 0 unspecified atom stereocenters.